The van der Waals surface area contributed by atoms with Crippen LogP contribution < -0.4 is 10.6 Å². The Labute approximate surface area is 218 Å². The van der Waals surface area contributed by atoms with Gasteiger partial charge in [-0.25, -0.2) is 0 Å². The van der Waals surface area contributed by atoms with Gasteiger partial charge in [0.15, 0.2) is 6.10 Å². The number of amides is 3. The molecule has 194 valence electrons. The van der Waals surface area contributed by atoms with Crippen molar-refractivity contribution in [3.8, 4) is 0 Å². The molecule has 3 unspecified atom stereocenters. The van der Waals surface area contributed by atoms with Crippen molar-refractivity contribution >= 4 is 29.5 Å². The summed E-state index contributed by atoms with van der Waals surface area (Å²) in [5.41, 5.74) is 2.97. The minimum absolute atomic E-state index is 0.244. The number of aryl methyl sites for hydroxylation is 1. The summed E-state index contributed by atoms with van der Waals surface area (Å²) in [7, 11) is 0. The molecule has 1 saturated heterocycles. The zero-order chi connectivity index (χ0) is 26.5. The van der Waals surface area contributed by atoms with Gasteiger partial charge < -0.3 is 20.6 Å². The van der Waals surface area contributed by atoms with E-state index in [4.69, 9.17) is 0 Å². The Morgan fingerprint density at radius 3 is 2.36 bits per heavy atom. The van der Waals surface area contributed by atoms with Gasteiger partial charge in [-0.2, -0.15) is 0 Å². The molecule has 1 aliphatic heterocycles. The average molecular weight is 512 g/mol. The van der Waals surface area contributed by atoms with Crippen LogP contribution in [0, 0.1) is 12.8 Å². The molecule has 3 rings (SSSR count). The Morgan fingerprint density at radius 1 is 1.08 bits per heavy atom. The maximum Gasteiger partial charge on any atom is 0.254 e. The van der Waals surface area contributed by atoms with E-state index in [0.29, 0.717) is 13.0 Å². The van der Waals surface area contributed by atoms with Crippen LogP contribution in [0.2, 0.25) is 0 Å². The van der Waals surface area contributed by atoms with Crippen LogP contribution in [0.4, 0.5) is 0 Å². The average Bonchev–Trinajstić information content (AvgIpc) is 3.17. The highest BCUT2D eigenvalue weighted by Gasteiger charge is 2.49. The van der Waals surface area contributed by atoms with Gasteiger partial charge in [-0.05, 0) is 43.9 Å². The second-order valence-corrected chi connectivity index (χ2v) is 11.7. The van der Waals surface area contributed by atoms with Crippen LogP contribution in [0.3, 0.4) is 0 Å². The quantitative estimate of drug-likeness (QED) is 0.481. The maximum absolute atomic E-state index is 13.6. The van der Waals surface area contributed by atoms with Crippen molar-refractivity contribution in [1.29, 1.82) is 0 Å². The van der Waals surface area contributed by atoms with Crippen molar-refractivity contribution in [3.05, 3.63) is 71.3 Å². The van der Waals surface area contributed by atoms with E-state index in [2.05, 4.69) is 10.6 Å². The molecule has 3 amide bonds. The molecule has 1 fully saturated rings. The van der Waals surface area contributed by atoms with Gasteiger partial charge in [0.25, 0.3) is 5.91 Å². The van der Waals surface area contributed by atoms with E-state index in [1.807, 2.05) is 75.4 Å². The summed E-state index contributed by atoms with van der Waals surface area (Å²) in [6, 6.07) is 15.7. The summed E-state index contributed by atoms with van der Waals surface area (Å²) < 4.78 is -0.540. The lowest BCUT2D eigenvalue weighted by atomic mass is 9.96. The lowest BCUT2D eigenvalue weighted by Gasteiger charge is -2.33. The molecule has 2 aromatic carbocycles. The first-order valence-electron chi connectivity index (χ1n) is 12.3. The van der Waals surface area contributed by atoms with Crippen molar-refractivity contribution in [2.45, 2.75) is 70.5 Å². The van der Waals surface area contributed by atoms with Gasteiger partial charge in [0.1, 0.15) is 6.04 Å². The number of thioether (sulfide) groups is 1. The largest absolute Gasteiger partial charge is 0.381 e. The molecule has 36 heavy (non-hydrogen) atoms. The molecule has 0 aromatic heterocycles. The molecule has 3 atom stereocenters. The van der Waals surface area contributed by atoms with Crippen LogP contribution in [-0.2, 0) is 27.3 Å². The first-order chi connectivity index (χ1) is 17.0. The number of nitrogens with one attached hydrogen (secondary N) is 2. The fourth-order valence-corrected chi connectivity index (χ4v) is 5.44. The number of rotatable bonds is 9. The standard InChI is InChI=1S/C28H37N3O4S/c1-18(2)25(33)30-22(15-20-12-7-6-8-13-20)23(32)27(35)31-17-36-28(4,5)24(31)26(34)29-16-21-14-10-9-11-19(21)3/h6-14,18,22-24,32H,15-17H2,1-5H3,(H,29,34)(H,30,33). The Kier molecular flexibility index (Phi) is 9.19. The van der Waals surface area contributed by atoms with Crippen molar-refractivity contribution in [1.82, 2.24) is 15.5 Å². The summed E-state index contributed by atoms with van der Waals surface area (Å²) in [4.78, 5) is 40.9. The third-order valence-electron chi connectivity index (χ3n) is 6.58. The lowest BCUT2D eigenvalue weighted by Crippen LogP contribution is -2.58. The van der Waals surface area contributed by atoms with Gasteiger partial charge in [-0.1, -0.05) is 68.4 Å². The minimum atomic E-state index is -1.49. The van der Waals surface area contributed by atoms with E-state index < -0.39 is 28.8 Å². The fraction of sp³-hybridized carbons (Fsp3) is 0.464. The molecule has 7 nitrogen and oxygen atoms in total. The normalized spacial score (nSPS) is 18.5. The Bertz CT molecular complexity index is 1070. The van der Waals surface area contributed by atoms with Crippen molar-refractivity contribution in [2.75, 3.05) is 5.88 Å². The monoisotopic (exact) mass is 511 g/mol. The van der Waals surface area contributed by atoms with E-state index >= 15 is 0 Å². The highest BCUT2D eigenvalue weighted by Crippen LogP contribution is 2.40. The van der Waals surface area contributed by atoms with Gasteiger partial charge in [-0.15, -0.1) is 11.8 Å². The van der Waals surface area contributed by atoms with Crippen molar-refractivity contribution in [3.63, 3.8) is 0 Å². The van der Waals surface area contributed by atoms with Crippen LogP contribution in [0.25, 0.3) is 0 Å². The van der Waals surface area contributed by atoms with Crippen LogP contribution in [-0.4, -0.2) is 56.5 Å². The summed E-state index contributed by atoms with van der Waals surface area (Å²) in [5, 5.41) is 17.0. The second kappa shape index (κ2) is 11.9. The zero-order valence-corrected chi connectivity index (χ0v) is 22.5. The zero-order valence-electron chi connectivity index (χ0n) is 21.7. The number of aliphatic hydroxyl groups is 1. The highest BCUT2D eigenvalue weighted by atomic mass is 32.2. The van der Waals surface area contributed by atoms with Crippen molar-refractivity contribution < 1.29 is 19.5 Å². The number of carbonyl (C=O) groups is 3. The molecule has 0 radical (unpaired) electrons. The predicted octanol–water partition coefficient (Wildman–Crippen LogP) is 3.04. The number of nitrogens with zero attached hydrogens (tertiary/aromatic N) is 1. The predicted molar refractivity (Wildman–Crippen MR) is 143 cm³/mol. The number of aliphatic hydroxyl groups excluding tert-OH is 1. The minimum Gasteiger partial charge on any atom is -0.381 e. The van der Waals surface area contributed by atoms with Gasteiger partial charge in [0, 0.05) is 17.2 Å². The van der Waals surface area contributed by atoms with Gasteiger partial charge in [-0.3, -0.25) is 14.4 Å². The van der Waals surface area contributed by atoms with E-state index in [-0.39, 0.29) is 23.6 Å². The fourth-order valence-electron chi connectivity index (χ4n) is 4.30. The van der Waals surface area contributed by atoms with Gasteiger partial charge >= 0.3 is 0 Å². The summed E-state index contributed by atoms with van der Waals surface area (Å²) in [6.07, 6.45) is -1.20. The van der Waals surface area contributed by atoms with E-state index in [1.54, 1.807) is 13.8 Å². The molecular formula is C28H37N3O4S. The molecule has 1 aliphatic rings. The van der Waals surface area contributed by atoms with Crippen molar-refractivity contribution in [2.24, 2.45) is 5.92 Å². The summed E-state index contributed by atoms with van der Waals surface area (Å²) in [6.45, 7) is 9.72. The smallest absolute Gasteiger partial charge is 0.254 e. The van der Waals surface area contributed by atoms with Crippen LogP contribution in [0.15, 0.2) is 54.6 Å². The van der Waals surface area contributed by atoms with Crippen LogP contribution >= 0.6 is 11.8 Å². The topological polar surface area (TPSA) is 98.7 Å². The molecule has 0 spiro atoms. The Morgan fingerprint density at radius 2 is 1.72 bits per heavy atom. The van der Waals surface area contributed by atoms with E-state index in [1.165, 1.54) is 16.7 Å². The van der Waals surface area contributed by atoms with Gasteiger partial charge in [0.05, 0.1) is 11.9 Å². The highest BCUT2D eigenvalue weighted by molar-refractivity contribution is 8.00. The molecule has 3 N–H and O–H groups in total. The SMILES string of the molecule is Cc1ccccc1CNC(=O)C1N(C(=O)C(O)C(Cc2ccccc2)NC(=O)C(C)C)CSC1(C)C. The second-order valence-electron chi connectivity index (χ2n) is 10.1. The lowest BCUT2D eigenvalue weighted by molar-refractivity contribution is -0.148. The number of hydrogen-bond donors (Lipinski definition) is 3. The van der Waals surface area contributed by atoms with E-state index in [9.17, 15) is 19.5 Å². The van der Waals surface area contributed by atoms with Crippen LogP contribution in [0.1, 0.15) is 44.4 Å². The molecule has 0 aliphatic carbocycles. The number of carbonyl (C=O) groups excluding carboxylic acids is 3. The first kappa shape index (κ1) is 27.7. The Hall–Kier alpha value is -2.84. The van der Waals surface area contributed by atoms with Crippen LogP contribution in [0.5, 0.6) is 0 Å². The molecule has 0 saturated carbocycles. The molecular weight excluding hydrogens is 474 g/mol. The molecule has 8 heteroatoms. The number of hydrogen-bond acceptors (Lipinski definition) is 5. The third-order valence-corrected chi connectivity index (χ3v) is 7.95. The Balaban J connectivity index is 1.79. The summed E-state index contributed by atoms with van der Waals surface area (Å²) in [5.74, 6) is -1.09. The maximum atomic E-state index is 13.6. The molecule has 1 heterocycles. The van der Waals surface area contributed by atoms with E-state index in [0.717, 1.165) is 16.7 Å². The first-order valence-corrected chi connectivity index (χ1v) is 13.3. The summed E-state index contributed by atoms with van der Waals surface area (Å²) >= 11 is 1.49. The molecule has 0 bridgehead atoms. The molecule has 2 aromatic rings. The number of benzene rings is 2. The van der Waals surface area contributed by atoms with Gasteiger partial charge in [0.2, 0.25) is 11.8 Å². The third kappa shape index (κ3) is 6.68.